The van der Waals surface area contributed by atoms with Crippen molar-refractivity contribution in [1.82, 2.24) is 10.6 Å². The van der Waals surface area contributed by atoms with Gasteiger partial charge in [0, 0.05) is 13.1 Å². The van der Waals surface area contributed by atoms with Crippen LogP contribution in [0.2, 0.25) is 0 Å². The van der Waals surface area contributed by atoms with E-state index in [1.165, 1.54) is 17.5 Å². The summed E-state index contributed by atoms with van der Waals surface area (Å²) in [7, 11) is 0. The zero-order valence-corrected chi connectivity index (χ0v) is 12.3. The maximum atomic E-state index is 3.33. The van der Waals surface area contributed by atoms with Gasteiger partial charge in [0.2, 0.25) is 0 Å². The molecule has 0 radical (unpaired) electrons. The highest BCUT2D eigenvalue weighted by Crippen LogP contribution is 2.05. The summed E-state index contributed by atoms with van der Waals surface area (Å²) in [5.74, 6) is 0.646. The third-order valence-corrected chi connectivity index (χ3v) is 3.11. The van der Waals surface area contributed by atoms with Crippen molar-refractivity contribution in [1.29, 1.82) is 0 Å². The van der Waals surface area contributed by atoms with E-state index in [1.807, 2.05) is 19.2 Å². The second kappa shape index (κ2) is 9.26. The minimum Gasteiger partial charge on any atom is -0.387 e. The lowest BCUT2D eigenvalue weighted by Gasteiger charge is -2.05. The normalized spacial score (nSPS) is 13.0. The van der Waals surface area contributed by atoms with E-state index >= 15 is 0 Å². The molecule has 0 aromatic heterocycles. The molecular weight excluding hydrogens is 232 g/mol. The van der Waals surface area contributed by atoms with Gasteiger partial charge in [-0.25, -0.2) is 0 Å². The minimum absolute atomic E-state index is 0.646. The molecule has 1 atom stereocenters. The maximum Gasteiger partial charge on any atom is 0.0395 e. The Balaban J connectivity index is 2.33. The van der Waals surface area contributed by atoms with Crippen molar-refractivity contribution >= 4 is 0 Å². The Kier molecular flexibility index (Phi) is 7.48. The molecule has 1 rings (SSSR count). The average molecular weight is 258 g/mol. The molecule has 1 aromatic rings. The fourth-order valence-corrected chi connectivity index (χ4v) is 1.61. The molecule has 1 unspecified atom stereocenters. The van der Waals surface area contributed by atoms with Crippen LogP contribution in [0.5, 0.6) is 0 Å². The van der Waals surface area contributed by atoms with Gasteiger partial charge in [0.15, 0.2) is 0 Å². The Morgan fingerprint density at radius 3 is 2.00 bits per heavy atom. The Morgan fingerprint density at radius 1 is 1.00 bits per heavy atom. The summed E-state index contributed by atoms with van der Waals surface area (Å²) in [4.78, 5) is 0. The summed E-state index contributed by atoms with van der Waals surface area (Å²) in [6, 6.07) is 8.70. The first-order valence-corrected chi connectivity index (χ1v) is 7.08. The van der Waals surface area contributed by atoms with Crippen molar-refractivity contribution in [2.75, 3.05) is 0 Å². The second-order valence-corrected chi connectivity index (χ2v) is 4.82. The highest BCUT2D eigenvalue weighted by atomic mass is 14.8. The largest absolute Gasteiger partial charge is 0.387 e. The van der Waals surface area contributed by atoms with E-state index in [-0.39, 0.29) is 0 Å². The van der Waals surface area contributed by atoms with Crippen molar-refractivity contribution in [2.24, 2.45) is 5.92 Å². The van der Waals surface area contributed by atoms with E-state index in [2.05, 4.69) is 61.0 Å². The molecule has 0 aliphatic heterocycles. The maximum absolute atomic E-state index is 3.33. The molecular formula is C17H26N2. The lowest BCUT2D eigenvalue weighted by atomic mass is 10.1. The Labute approximate surface area is 117 Å². The lowest BCUT2D eigenvalue weighted by molar-refractivity contribution is 0.689. The van der Waals surface area contributed by atoms with Gasteiger partial charge in [-0.05, 0) is 36.4 Å². The van der Waals surface area contributed by atoms with E-state index in [0.717, 1.165) is 13.1 Å². The van der Waals surface area contributed by atoms with Gasteiger partial charge < -0.3 is 10.6 Å². The Bertz CT molecular complexity index is 390. The van der Waals surface area contributed by atoms with Crippen LogP contribution in [0.15, 0.2) is 48.8 Å². The highest BCUT2D eigenvalue weighted by molar-refractivity contribution is 5.22. The average Bonchev–Trinajstić information content (AvgIpc) is 2.45. The van der Waals surface area contributed by atoms with Crippen LogP contribution in [0.1, 0.15) is 38.3 Å². The first-order chi connectivity index (χ1) is 9.26. The van der Waals surface area contributed by atoms with Crippen LogP contribution in [-0.4, -0.2) is 0 Å². The van der Waals surface area contributed by atoms with Crippen molar-refractivity contribution < 1.29 is 0 Å². The van der Waals surface area contributed by atoms with E-state index < -0.39 is 0 Å². The highest BCUT2D eigenvalue weighted by Gasteiger charge is 1.94. The van der Waals surface area contributed by atoms with Gasteiger partial charge in [-0.15, -0.1) is 0 Å². The molecule has 0 aliphatic rings. The minimum atomic E-state index is 0.646. The Morgan fingerprint density at radius 2 is 1.53 bits per heavy atom. The van der Waals surface area contributed by atoms with Gasteiger partial charge in [0.25, 0.3) is 0 Å². The second-order valence-electron chi connectivity index (χ2n) is 4.82. The summed E-state index contributed by atoms with van der Waals surface area (Å²) in [6.45, 7) is 8.20. The predicted molar refractivity (Wildman–Crippen MR) is 83.5 cm³/mol. The van der Waals surface area contributed by atoms with E-state index in [1.54, 1.807) is 0 Å². The van der Waals surface area contributed by atoms with Crippen molar-refractivity contribution in [3.8, 4) is 0 Å². The molecule has 0 saturated carbocycles. The quantitative estimate of drug-likeness (QED) is 0.737. The number of nitrogens with one attached hydrogen (secondary N) is 2. The third-order valence-electron chi connectivity index (χ3n) is 3.11. The summed E-state index contributed by atoms with van der Waals surface area (Å²) in [5.41, 5.74) is 2.61. The number of hydrogen-bond acceptors (Lipinski definition) is 2. The summed E-state index contributed by atoms with van der Waals surface area (Å²) >= 11 is 0. The molecule has 2 heteroatoms. The topological polar surface area (TPSA) is 24.1 Å². The van der Waals surface area contributed by atoms with Crippen LogP contribution in [0.3, 0.4) is 0 Å². The van der Waals surface area contributed by atoms with Gasteiger partial charge in [-0.2, -0.15) is 0 Å². The van der Waals surface area contributed by atoms with Crippen LogP contribution in [0, 0.1) is 5.92 Å². The van der Waals surface area contributed by atoms with E-state index in [4.69, 9.17) is 0 Å². The van der Waals surface area contributed by atoms with Crippen LogP contribution in [-0.2, 0) is 13.1 Å². The van der Waals surface area contributed by atoms with Gasteiger partial charge in [-0.3, -0.25) is 0 Å². The summed E-state index contributed by atoms with van der Waals surface area (Å²) < 4.78 is 0. The Hall–Kier alpha value is -1.70. The molecule has 1 aromatic carbocycles. The number of benzene rings is 1. The van der Waals surface area contributed by atoms with E-state index in [0.29, 0.717) is 5.92 Å². The van der Waals surface area contributed by atoms with Gasteiger partial charge in [0.1, 0.15) is 0 Å². The van der Waals surface area contributed by atoms with Gasteiger partial charge >= 0.3 is 0 Å². The van der Waals surface area contributed by atoms with Gasteiger partial charge in [0.05, 0.1) is 0 Å². The molecule has 19 heavy (non-hydrogen) atoms. The van der Waals surface area contributed by atoms with Crippen LogP contribution < -0.4 is 10.6 Å². The zero-order chi connectivity index (χ0) is 13.9. The smallest absolute Gasteiger partial charge is 0.0395 e. The van der Waals surface area contributed by atoms with Crippen LogP contribution in [0.4, 0.5) is 0 Å². The molecule has 0 heterocycles. The molecule has 0 fully saturated rings. The fraction of sp³-hybridized carbons (Fsp3) is 0.412. The first-order valence-electron chi connectivity index (χ1n) is 7.08. The van der Waals surface area contributed by atoms with Gasteiger partial charge in [-0.1, -0.05) is 56.7 Å². The molecule has 0 aliphatic carbocycles. The first kappa shape index (κ1) is 15.4. The monoisotopic (exact) mass is 258 g/mol. The van der Waals surface area contributed by atoms with Crippen LogP contribution in [0.25, 0.3) is 0 Å². The van der Waals surface area contributed by atoms with Crippen molar-refractivity contribution in [3.05, 3.63) is 59.9 Å². The number of rotatable bonds is 8. The molecule has 0 saturated heterocycles. The van der Waals surface area contributed by atoms with Crippen LogP contribution >= 0.6 is 0 Å². The standard InChI is InChI=1S/C17H26N2/c1-4-11-18-13-16-6-8-17(9-7-16)14-19-12-10-15(3)5-2/h4,6-12,15,18-19H,5,13-14H2,1-3H3/b11-4-,12-10-. The molecule has 104 valence electrons. The molecule has 0 bridgehead atoms. The van der Waals surface area contributed by atoms with Crippen molar-refractivity contribution in [2.45, 2.75) is 40.3 Å². The fourth-order valence-electron chi connectivity index (χ4n) is 1.61. The summed E-state index contributed by atoms with van der Waals surface area (Å²) in [6.07, 6.45) is 9.44. The third kappa shape index (κ3) is 6.70. The van der Waals surface area contributed by atoms with Crippen molar-refractivity contribution in [3.63, 3.8) is 0 Å². The number of hydrogen-bond donors (Lipinski definition) is 2. The molecule has 2 nitrogen and oxygen atoms in total. The zero-order valence-electron chi connectivity index (χ0n) is 12.3. The number of allylic oxidation sites excluding steroid dienone is 2. The molecule has 0 spiro atoms. The lowest BCUT2D eigenvalue weighted by Crippen LogP contribution is -2.06. The SMILES string of the molecule is C/C=C\NCc1ccc(CN/C=C\C(C)CC)cc1. The predicted octanol–water partition coefficient (Wildman–Crippen LogP) is 3.96. The molecule has 2 N–H and O–H groups in total. The van der Waals surface area contributed by atoms with E-state index in [9.17, 15) is 0 Å². The summed E-state index contributed by atoms with van der Waals surface area (Å²) in [5, 5.41) is 6.57. The molecule has 0 amide bonds.